The van der Waals surface area contributed by atoms with Crippen LogP contribution in [0.1, 0.15) is 91.9 Å². The minimum Gasteiger partial charge on any atom is -0.363 e. The molecule has 0 aromatic carbocycles. The standard InChI is InChI=1S/C28H45N3O2S/c1-25(2)31(23(32)17-34-24-29-15-16-30-24)18-28(33-25)14-11-22-20-9-8-19-7-5-6-12-26(19,3)21(20)10-13-27(22,28)4/h19-22H,5-18H2,1-4H3,(H,29,30)/t19-,20?,21?,22?,26+,27+,28-/m1/s1. The molecule has 0 aromatic rings. The van der Waals surface area contributed by atoms with E-state index < -0.39 is 5.72 Å². The van der Waals surface area contributed by atoms with Gasteiger partial charge in [-0.2, -0.15) is 0 Å². The number of ether oxygens (including phenoxy) is 1. The van der Waals surface area contributed by atoms with Crippen LogP contribution in [-0.4, -0.2) is 52.7 Å². The van der Waals surface area contributed by atoms with Gasteiger partial charge in [-0.25, -0.2) is 0 Å². The zero-order valence-electron chi connectivity index (χ0n) is 21.8. The van der Waals surface area contributed by atoms with Crippen LogP contribution in [-0.2, 0) is 9.53 Å². The first-order valence-corrected chi connectivity index (χ1v) is 15.1. The fourth-order valence-electron chi connectivity index (χ4n) is 9.90. The zero-order valence-corrected chi connectivity index (χ0v) is 22.6. The molecule has 5 fully saturated rings. The summed E-state index contributed by atoms with van der Waals surface area (Å²) in [4.78, 5) is 19.9. The average molecular weight is 488 g/mol. The summed E-state index contributed by atoms with van der Waals surface area (Å²) in [5.41, 5.74) is 0.0388. The first kappa shape index (κ1) is 23.6. The fourth-order valence-corrected chi connectivity index (χ4v) is 10.7. The number of amides is 1. The molecule has 1 amide bonds. The van der Waals surface area contributed by atoms with Gasteiger partial charge in [-0.1, -0.05) is 38.5 Å². The lowest BCUT2D eigenvalue weighted by Crippen LogP contribution is -2.57. The largest absolute Gasteiger partial charge is 0.363 e. The van der Waals surface area contributed by atoms with E-state index in [1.54, 1.807) is 11.8 Å². The quantitative estimate of drug-likeness (QED) is 0.563. The number of rotatable bonds is 2. The van der Waals surface area contributed by atoms with E-state index in [0.29, 0.717) is 11.2 Å². The van der Waals surface area contributed by atoms with Crippen molar-refractivity contribution >= 4 is 22.8 Å². The van der Waals surface area contributed by atoms with Crippen molar-refractivity contribution in [3.63, 3.8) is 0 Å². The van der Waals surface area contributed by atoms with E-state index >= 15 is 0 Å². The number of hydrogen-bond acceptors (Lipinski definition) is 5. The average Bonchev–Trinajstić information content (AvgIpc) is 3.49. The molecule has 4 aliphatic carbocycles. The molecule has 3 unspecified atom stereocenters. The number of nitrogens with zero attached hydrogens (tertiary/aromatic N) is 2. The van der Waals surface area contributed by atoms with Crippen molar-refractivity contribution in [2.24, 2.45) is 39.5 Å². The zero-order chi connectivity index (χ0) is 23.8. The molecule has 0 aromatic heterocycles. The Balaban J connectivity index is 1.21. The number of carbonyl (C=O) groups is 1. The summed E-state index contributed by atoms with van der Waals surface area (Å²) >= 11 is 1.55. The van der Waals surface area contributed by atoms with Crippen LogP contribution in [0.3, 0.4) is 0 Å². The van der Waals surface area contributed by atoms with Gasteiger partial charge in [-0.3, -0.25) is 9.79 Å². The normalized spacial score (nSPS) is 47.1. The van der Waals surface area contributed by atoms with Gasteiger partial charge < -0.3 is 15.0 Å². The van der Waals surface area contributed by atoms with E-state index in [1.807, 2.05) is 0 Å². The summed E-state index contributed by atoms with van der Waals surface area (Å²) in [7, 11) is 0. The summed E-state index contributed by atoms with van der Waals surface area (Å²) in [5.74, 6) is 4.12. The second-order valence-electron chi connectivity index (χ2n) is 13.3. The first-order chi connectivity index (χ1) is 16.2. The van der Waals surface area contributed by atoms with Crippen LogP contribution in [0.2, 0.25) is 0 Å². The molecule has 5 nitrogen and oxygen atoms in total. The molecule has 1 spiro atoms. The monoisotopic (exact) mass is 487 g/mol. The maximum absolute atomic E-state index is 13.4. The van der Waals surface area contributed by atoms with Crippen molar-refractivity contribution in [3.05, 3.63) is 0 Å². The number of amidine groups is 1. The molecular weight excluding hydrogens is 442 g/mol. The number of nitrogens with one attached hydrogen (secondary N) is 1. The second-order valence-corrected chi connectivity index (χ2v) is 14.3. The fraction of sp³-hybridized carbons (Fsp3) is 0.929. The van der Waals surface area contributed by atoms with E-state index in [1.165, 1.54) is 57.8 Å². The lowest BCUT2D eigenvalue weighted by Gasteiger charge is -2.61. The molecular formula is C28H45N3O2S. The Morgan fingerprint density at radius 2 is 1.88 bits per heavy atom. The van der Waals surface area contributed by atoms with Crippen molar-refractivity contribution in [1.29, 1.82) is 0 Å². The Bertz CT molecular complexity index is 876. The minimum absolute atomic E-state index is 0.181. The highest BCUT2D eigenvalue weighted by Crippen LogP contribution is 2.70. The van der Waals surface area contributed by atoms with Crippen molar-refractivity contribution in [1.82, 2.24) is 10.2 Å². The number of thioether (sulfide) groups is 1. The lowest BCUT2D eigenvalue weighted by molar-refractivity contribution is -0.188. The van der Waals surface area contributed by atoms with Gasteiger partial charge in [0.05, 0.1) is 24.4 Å². The van der Waals surface area contributed by atoms with Crippen molar-refractivity contribution in [3.8, 4) is 0 Å². The summed E-state index contributed by atoms with van der Waals surface area (Å²) in [6, 6.07) is 0. The first-order valence-electron chi connectivity index (χ1n) is 14.1. The predicted octanol–water partition coefficient (Wildman–Crippen LogP) is 5.45. The van der Waals surface area contributed by atoms with E-state index in [-0.39, 0.29) is 16.9 Å². The van der Waals surface area contributed by atoms with Gasteiger partial charge in [-0.15, -0.1) is 0 Å². The molecule has 1 N–H and O–H groups in total. The van der Waals surface area contributed by atoms with Crippen LogP contribution in [0.5, 0.6) is 0 Å². The Kier molecular flexibility index (Phi) is 5.65. The predicted molar refractivity (Wildman–Crippen MR) is 139 cm³/mol. The van der Waals surface area contributed by atoms with Crippen LogP contribution >= 0.6 is 11.8 Å². The van der Waals surface area contributed by atoms with Crippen molar-refractivity contribution in [2.75, 3.05) is 25.4 Å². The Morgan fingerprint density at radius 3 is 2.68 bits per heavy atom. The molecule has 6 heteroatoms. The van der Waals surface area contributed by atoms with Crippen LogP contribution in [0.4, 0.5) is 0 Å². The molecule has 6 aliphatic rings. The van der Waals surface area contributed by atoms with Crippen LogP contribution in [0, 0.1) is 34.5 Å². The van der Waals surface area contributed by atoms with E-state index in [0.717, 1.165) is 54.9 Å². The maximum Gasteiger partial charge on any atom is 0.235 e. The van der Waals surface area contributed by atoms with Gasteiger partial charge in [0.1, 0.15) is 5.72 Å². The lowest BCUT2D eigenvalue weighted by atomic mass is 9.44. The SMILES string of the molecule is CC1(C)O[C@]2(CCC3C4CC[C@H]5CCCC[C@]5(C)C4CC[C@@]32C)CN1C(=O)CSC1=NCCN1. The molecule has 1 saturated heterocycles. The maximum atomic E-state index is 13.4. The highest BCUT2D eigenvalue weighted by Gasteiger charge is 2.69. The smallest absolute Gasteiger partial charge is 0.235 e. The Hall–Kier alpha value is -0.750. The third-order valence-electron chi connectivity index (χ3n) is 11.7. The molecule has 4 saturated carbocycles. The molecule has 2 heterocycles. The topological polar surface area (TPSA) is 53.9 Å². The highest BCUT2D eigenvalue weighted by atomic mass is 32.2. The Labute approximate surface area is 210 Å². The van der Waals surface area contributed by atoms with Gasteiger partial charge in [0.25, 0.3) is 0 Å². The third-order valence-corrected chi connectivity index (χ3v) is 12.6. The molecule has 34 heavy (non-hydrogen) atoms. The molecule has 0 radical (unpaired) electrons. The third kappa shape index (κ3) is 3.36. The summed E-state index contributed by atoms with van der Waals surface area (Å²) in [6.07, 6.45) is 13.7. The van der Waals surface area contributed by atoms with Gasteiger partial charge in [0, 0.05) is 12.0 Å². The van der Waals surface area contributed by atoms with E-state index in [4.69, 9.17) is 4.74 Å². The summed E-state index contributed by atoms with van der Waals surface area (Å²) < 4.78 is 7.04. The van der Waals surface area contributed by atoms with Crippen molar-refractivity contribution < 1.29 is 9.53 Å². The van der Waals surface area contributed by atoms with E-state index in [2.05, 4.69) is 42.9 Å². The summed E-state index contributed by atoms with van der Waals surface area (Å²) in [6.45, 7) is 11.9. The second kappa shape index (κ2) is 8.13. The van der Waals surface area contributed by atoms with Crippen LogP contribution < -0.4 is 5.32 Å². The minimum atomic E-state index is -0.537. The van der Waals surface area contributed by atoms with Gasteiger partial charge >= 0.3 is 0 Å². The molecule has 7 atom stereocenters. The number of aliphatic imine (C=N–C) groups is 1. The number of hydrogen-bond donors (Lipinski definition) is 1. The van der Waals surface area contributed by atoms with Crippen LogP contribution in [0.25, 0.3) is 0 Å². The van der Waals surface area contributed by atoms with Crippen molar-refractivity contribution in [2.45, 2.75) is 103 Å². The van der Waals surface area contributed by atoms with Gasteiger partial charge in [0.15, 0.2) is 5.17 Å². The molecule has 2 aliphatic heterocycles. The highest BCUT2D eigenvalue weighted by molar-refractivity contribution is 8.14. The van der Waals surface area contributed by atoms with Gasteiger partial charge in [-0.05, 0) is 94.3 Å². The van der Waals surface area contributed by atoms with Crippen LogP contribution in [0.15, 0.2) is 4.99 Å². The molecule has 6 rings (SSSR count). The summed E-state index contributed by atoms with van der Waals surface area (Å²) in [5, 5.41) is 4.19. The molecule has 190 valence electrons. The Morgan fingerprint density at radius 1 is 1.06 bits per heavy atom. The van der Waals surface area contributed by atoms with E-state index in [9.17, 15) is 4.79 Å². The number of fused-ring (bicyclic) bond motifs is 6. The number of carbonyl (C=O) groups excluding carboxylic acids is 1. The molecule has 0 bridgehead atoms. The van der Waals surface area contributed by atoms with Gasteiger partial charge in [0.2, 0.25) is 5.91 Å².